The second-order valence-electron chi connectivity index (χ2n) is 6.95. The second-order valence-corrected chi connectivity index (χ2v) is 6.95. The van der Waals surface area contributed by atoms with Gasteiger partial charge >= 0.3 is 0 Å². The average Bonchev–Trinajstić information content (AvgIpc) is 2.67. The lowest BCUT2D eigenvalue weighted by atomic mass is 9.79. The molecule has 1 spiro atoms. The minimum absolute atomic E-state index is 0.0426. The van der Waals surface area contributed by atoms with Crippen molar-refractivity contribution in [1.82, 2.24) is 0 Å². The van der Waals surface area contributed by atoms with Crippen LogP contribution in [0.5, 0.6) is 5.75 Å². The first kappa shape index (κ1) is 16.0. The molecular formula is C21H25N3O. The highest BCUT2D eigenvalue weighted by Crippen LogP contribution is 2.39. The van der Waals surface area contributed by atoms with Crippen LogP contribution in [0.3, 0.4) is 0 Å². The number of nitrogens with zero attached hydrogens (tertiary/aromatic N) is 1. The topological polar surface area (TPSA) is 45.6 Å². The molecule has 0 saturated heterocycles. The smallest absolute Gasteiger partial charge is 0.127 e. The SMILES string of the molecule is COc1ccc(CN=C2Nc3ccccc3NC23CCCCC3)cc1. The number of nitrogens with one attached hydrogen (secondary N) is 2. The van der Waals surface area contributed by atoms with Crippen molar-refractivity contribution < 1.29 is 4.74 Å². The van der Waals surface area contributed by atoms with Gasteiger partial charge in [-0.1, -0.05) is 43.5 Å². The number of ether oxygens (including phenoxy) is 1. The number of methoxy groups -OCH3 is 1. The molecule has 25 heavy (non-hydrogen) atoms. The maximum Gasteiger partial charge on any atom is 0.127 e. The third-order valence-electron chi connectivity index (χ3n) is 5.29. The lowest BCUT2D eigenvalue weighted by Crippen LogP contribution is -2.53. The Morgan fingerprint density at radius 1 is 0.960 bits per heavy atom. The summed E-state index contributed by atoms with van der Waals surface area (Å²) in [7, 11) is 1.69. The van der Waals surface area contributed by atoms with Crippen LogP contribution in [0.15, 0.2) is 53.5 Å². The summed E-state index contributed by atoms with van der Waals surface area (Å²) in [5.41, 5.74) is 3.46. The third kappa shape index (κ3) is 3.21. The normalized spacial score (nSPS) is 19.8. The second kappa shape index (κ2) is 6.79. The van der Waals surface area contributed by atoms with E-state index in [2.05, 4.69) is 47.0 Å². The predicted octanol–water partition coefficient (Wildman–Crippen LogP) is 4.83. The minimum atomic E-state index is -0.0426. The maximum absolute atomic E-state index is 5.23. The van der Waals surface area contributed by atoms with E-state index in [-0.39, 0.29) is 5.54 Å². The molecule has 4 heteroatoms. The molecule has 1 aliphatic carbocycles. The van der Waals surface area contributed by atoms with Gasteiger partial charge in [0.05, 0.1) is 30.6 Å². The predicted molar refractivity (Wildman–Crippen MR) is 104 cm³/mol. The van der Waals surface area contributed by atoms with Crippen molar-refractivity contribution in [3.8, 4) is 5.75 Å². The molecule has 4 nitrogen and oxygen atoms in total. The van der Waals surface area contributed by atoms with Crippen molar-refractivity contribution in [3.05, 3.63) is 54.1 Å². The number of anilines is 2. The fraction of sp³-hybridized carbons (Fsp3) is 0.381. The quantitative estimate of drug-likeness (QED) is 0.844. The van der Waals surface area contributed by atoms with Crippen LogP contribution in [0.1, 0.15) is 37.7 Å². The van der Waals surface area contributed by atoms with Crippen molar-refractivity contribution >= 4 is 17.2 Å². The Kier molecular flexibility index (Phi) is 4.35. The molecule has 4 rings (SSSR count). The van der Waals surface area contributed by atoms with E-state index in [0.717, 1.165) is 30.1 Å². The average molecular weight is 335 g/mol. The number of fused-ring (bicyclic) bond motifs is 1. The van der Waals surface area contributed by atoms with Crippen LogP contribution < -0.4 is 15.4 Å². The van der Waals surface area contributed by atoms with Gasteiger partial charge < -0.3 is 15.4 Å². The van der Waals surface area contributed by atoms with Gasteiger partial charge in [-0.2, -0.15) is 0 Å². The minimum Gasteiger partial charge on any atom is -0.497 e. The van der Waals surface area contributed by atoms with Crippen LogP contribution in [0, 0.1) is 0 Å². The molecule has 0 radical (unpaired) electrons. The molecule has 0 atom stereocenters. The highest BCUT2D eigenvalue weighted by atomic mass is 16.5. The van der Waals surface area contributed by atoms with Crippen molar-refractivity contribution in [1.29, 1.82) is 0 Å². The Bertz CT molecular complexity index is 761. The lowest BCUT2D eigenvalue weighted by Gasteiger charge is -2.44. The van der Waals surface area contributed by atoms with Gasteiger partial charge in [-0.15, -0.1) is 0 Å². The van der Waals surface area contributed by atoms with Gasteiger partial charge in [0.15, 0.2) is 0 Å². The molecule has 2 N–H and O–H groups in total. The highest BCUT2D eigenvalue weighted by molar-refractivity contribution is 6.09. The van der Waals surface area contributed by atoms with E-state index < -0.39 is 0 Å². The van der Waals surface area contributed by atoms with Gasteiger partial charge in [-0.05, 0) is 42.7 Å². The van der Waals surface area contributed by atoms with Gasteiger partial charge in [0, 0.05) is 0 Å². The van der Waals surface area contributed by atoms with E-state index >= 15 is 0 Å². The highest BCUT2D eigenvalue weighted by Gasteiger charge is 2.40. The summed E-state index contributed by atoms with van der Waals surface area (Å²) in [5.74, 6) is 1.97. The van der Waals surface area contributed by atoms with E-state index in [1.54, 1.807) is 7.11 Å². The Hall–Kier alpha value is -2.49. The number of aliphatic imine (C=N–C) groups is 1. The molecular weight excluding hydrogens is 310 g/mol. The number of rotatable bonds is 3. The van der Waals surface area contributed by atoms with E-state index in [0.29, 0.717) is 6.54 Å². The standard InChI is InChI=1S/C21H25N3O/c1-25-17-11-9-16(10-12-17)15-22-20-21(13-5-2-6-14-21)24-19-8-4-3-7-18(19)23-20/h3-4,7-12,24H,2,5-6,13-15H2,1H3,(H,22,23). The Labute approximate surface area is 149 Å². The fourth-order valence-electron chi connectivity index (χ4n) is 3.87. The van der Waals surface area contributed by atoms with E-state index in [1.807, 2.05) is 12.1 Å². The molecule has 0 unspecified atom stereocenters. The molecule has 1 aliphatic heterocycles. The Morgan fingerprint density at radius 2 is 1.68 bits per heavy atom. The summed E-state index contributed by atoms with van der Waals surface area (Å²) in [5, 5.41) is 7.42. The number of benzene rings is 2. The third-order valence-corrected chi connectivity index (χ3v) is 5.29. The molecule has 1 fully saturated rings. The molecule has 1 saturated carbocycles. The van der Waals surface area contributed by atoms with Gasteiger partial charge in [0.2, 0.25) is 0 Å². The molecule has 2 aromatic rings. The van der Waals surface area contributed by atoms with Crippen LogP contribution in [0.25, 0.3) is 0 Å². The van der Waals surface area contributed by atoms with Crippen LogP contribution in [-0.4, -0.2) is 18.5 Å². The zero-order valence-corrected chi connectivity index (χ0v) is 14.7. The maximum atomic E-state index is 5.23. The molecule has 0 aromatic heterocycles. The largest absolute Gasteiger partial charge is 0.497 e. The number of amidine groups is 1. The molecule has 2 aromatic carbocycles. The fourth-order valence-corrected chi connectivity index (χ4v) is 3.87. The van der Waals surface area contributed by atoms with Crippen molar-refractivity contribution in [3.63, 3.8) is 0 Å². The first-order chi connectivity index (χ1) is 12.3. The summed E-state index contributed by atoms with van der Waals surface area (Å²) >= 11 is 0. The number of para-hydroxylation sites is 2. The van der Waals surface area contributed by atoms with E-state index in [9.17, 15) is 0 Å². The monoisotopic (exact) mass is 335 g/mol. The van der Waals surface area contributed by atoms with Crippen LogP contribution >= 0.6 is 0 Å². The van der Waals surface area contributed by atoms with Crippen LogP contribution in [0.4, 0.5) is 11.4 Å². The van der Waals surface area contributed by atoms with Gasteiger partial charge in [-0.3, -0.25) is 4.99 Å². The zero-order chi connectivity index (χ0) is 17.1. The summed E-state index contributed by atoms with van der Waals surface area (Å²) < 4.78 is 5.23. The molecule has 0 amide bonds. The Morgan fingerprint density at radius 3 is 2.40 bits per heavy atom. The van der Waals surface area contributed by atoms with Gasteiger partial charge in [0.25, 0.3) is 0 Å². The summed E-state index contributed by atoms with van der Waals surface area (Å²) in [4.78, 5) is 4.99. The molecule has 130 valence electrons. The first-order valence-electron chi connectivity index (χ1n) is 9.11. The van der Waals surface area contributed by atoms with Gasteiger partial charge in [0.1, 0.15) is 11.6 Å². The summed E-state index contributed by atoms with van der Waals surface area (Å²) in [6.07, 6.45) is 6.08. The Balaban J connectivity index is 1.62. The number of hydrogen-bond donors (Lipinski definition) is 2. The van der Waals surface area contributed by atoms with E-state index in [4.69, 9.17) is 9.73 Å². The van der Waals surface area contributed by atoms with Crippen molar-refractivity contribution in [2.75, 3.05) is 17.7 Å². The summed E-state index contributed by atoms with van der Waals surface area (Å²) in [6, 6.07) is 16.6. The molecule has 1 heterocycles. The summed E-state index contributed by atoms with van der Waals surface area (Å²) in [6.45, 7) is 0.678. The van der Waals surface area contributed by atoms with Crippen molar-refractivity contribution in [2.45, 2.75) is 44.2 Å². The van der Waals surface area contributed by atoms with Gasteiger partial charge in [-0.25, -0.2) is 0 Å². The molecule has 2 aliphatic rings. The number of hydrogen-bond acceptors (Lipinski definition) is 3. The first-order valence-corrected chi connectivity index (χ1v) is 9.11. The van der Waals surface area contributed by atoms with Crippen LogP contribution in [0.2, 0.25) is 0 Å². The lowest BCUT2D eigenvalue weighted by molar-refractivity contribution is 0.403. The van der Waals surface area contributed by atoms with Crippen molar-refractivity contribution in [2.24, 2.45) is 4.99 Å². The van der Waals surface area contributed by atoms with Crippen LogP contribution in [-0.2, 0) is 6.54 Å². The van der Waals surface area contributed by atoms with E-state index in [1.165, 1.54) is 30.5 Å². The zero-order valence-electron chi connectivity index (χ0n) is 14.7. The molecule has 0 bridgehead atoms.